The summed E-state index contributed by atoms with van der Waals surface area (Å²) in [7, 11) is 1.88. The number of aliphatic imine (C=N–C) groups is 1. The lowest BCUT2D eigenvalue weighted by Gasteiger charge is -2.22. The minimum atomic E-state index is -4.31. The van der Waals surface area contributed by atoms with Crippen LogP contribution in [0.15, 0.2) is 41.7 Å². The van der Waals surface area contributed by atoms with Crippen LogP contribution in [-0.2, 0) is 19.3 Å². The summed E-state index contributed by atoms with van der Waals surface area (Å²) in [5, 5.41) is 3.23. The number of benzene rings is 1. The van der Waals surface area contributed by atoms with Crippen LogP contribution in [-0.4, -0.2) is 40.5 Å². The topological polar surface area (TPSA) is 45.5 Å². The maximum absolute atomic E-state index is 12.7. The van der Waals surface area contributed by atoms with Gasteiger partial charge >= 0.3 is 6.18 Å². The standard InChI is InChI=1S/C20H28F3N5.HI/c1-4-24-19(26-11-5-6-13-28-14-12-25-16(28)2)27(3)15-17-7-9-18(10-8-17)20(21,22)23;/h7-10,12,14H,4-6,11,13,15H2,1-3H3,(H,24,26);1H. The summed E-state index contributed by atoms with van der Waals surface area (Å²) >= 11 is 0. The molecule has 0 aliphatic carbocycles. The molecule has 1 aromatic heterocycles. The molecule has 0 saturated heterocycles. The number of hydrogen-bond donors (Lipinski definition) is 1. The van der Waals surface area contributed by atoms with Crippen LogP contribution in [0.5, 0.6) is 0 Å². The van der Waals surface area contributed by atoms with Gasteiger partial charge in [-0.25, -0.2) is 4.98 Å². The van der Waals surface area contributed by atoms with Crippen LogP contribution in [0.25, 0.3) is 0 Å². The lowest BCUT2D eigenvalue weighted by molar-refractivity contribution is -0.137. The van der Waals surface area contributed by atoms with E-state index in [1.54, 1.807) is 6.20 Å². The van der Waals surface area contributed by atoms with Gasteiger partial charge in [-0.15, -0.1) is 24.0 Å². The van der Waals surface area contributed by atoms with E-state index < -0.39 is 11.7 Å². The fourth-order valence-corrected chi connectivity index (χ4v) is 2.84. The molecule has 1 heterocycles. The molecule has 1 aromatic carbocycles. The second-order valence-corrected chi connectivity index (χ2v) is 6.66. The quantitative estimate of drug-likeness (QED) is 0.236. The zero-order valence-corrected chi connectivity index (χ0v) is 19.4. The second-order valence-electron chi connectivity index (χ2n) is 6.66. The predicted molar refractivity (Wildman–Crippen MR) is 121 cm³/mol. The molecule has 162 valence electrons. The van der Waals surface area contributed by atoms with Crippen molar-refractivity contribution in [2.45, 2.75) is 46.0 Å². The van der Waals surface area contributed by atoms with Gasteiger partial charge in [0.2, 0.25) is 0 Å². The van der Waals surface area contributed by atoms with E-state index in [0.29, 0.717) is 13.1 Å². The zero-order chi connectivity index (χ0) is 20.6. The highest BCUT2D eigenvalue weighted by atomic mass is 127. The molecule has 0 spiro atoms. The number of imidazole rings is 1. The summed E-state index contributed by atoms with van der Waals surface area (Å²) < 4.78 is 40.2. The molecule has 2 rings (SSSR count). The Morgan fingerprint density at radius 1 is 1.21 bits per heavy atom. The van der Waals surface area contributed by atoms with Gasteiger partial charge in [-0.05, 0) is 44.4 Å². The summed E-state index contributed by atoms with van der Waals surface area (Å²) in [5.74, 6) is 1.76. The molecule has 0 aliphatic rings. The smallest absolute Gasteiger partial charge is 0.357 e. The molecule has 0 bridgehead atoms. The number of unbranched alkanes of at least 4 members (excludes halogenated alkanes) is 1. The Balaban J connectivity index is 0.00000420. The number of aromatic nitrogens is 2. The first-order valence-corrected chi connectivity index (χ1v) is 9.44. The van der Waals surface area contributed by atoms with E-state index >= 15 is 0 Å². The van der Waals surface area contributed by atoms with Gasteiger partial charge in [-0.1, -0.05) is 12.1 Å². The van der Waals surface area contributed by atoms with Gasteiger partial charge in [0.05, 0.1) is 5.56 Å². The van der Waals surface area contributed by atoms with E-state index in [0.717, 1.165) is 55.4 Å². The van der Waals surface area contributed by atoms with E-state index in [1.807, 2.05) is 32.0 Å². The van der Waals surface area contributed by atoms with Gasteiger partial charge in [0.15, 0.2) is 5.96 Å². The van der Waals surface area contributed by atoms with Crippen LogP contribution < -0.4 is 5.32 Å². The van der Waals surface area contributed by atoms with Gasteiger partial charge in [0, 0.05) is 45.6 Å². The number of aryl methyl sites for hydroxylation is 2. The molecule has 0 atom stereocenters. The third kappa shape index (κ3) is 8.23. The van der Waals surface area contributed by atoms with Crippen molar-refractivity contribution in [1.29, 1.82) is 0 Å². The molecule has 5 nitrogen and oxygen atoms in total. The number of hydrogen-bond acceptors (Lipinski definition) is 2. The van der Waals surface area contributed by atoms with Gasteiger partial charge in [0.1, 0.15) is 5.82 Å². The molecule has 9 heteroatoms. The predicted octanol–water partition coefficient (Wildman–Crippen LogP) is 4.71. The van der Waals surface area contributed by atoms with Crippen molar-refractivity contribution in [3.63, 3.8) is 0 Å². The Morgan fingerprint density at radius 2 is 1.90 bits per heavy atom. The highest BCUT2D eigenvalue weighted by Gasteiger charge is 2.29. The normalized spacial score (nSPS) is 11.9. The van der Waals surface area contributed by atoms with Crippen molar-refractivity contribution >= 4 is 29.9 Å². The summed E-state index contributed by atoms with van der Waals surface area (Å²) in [4.78, 5) is 10.8. The van der Waals surface area contributed by atoms with Crippen molar-refractivity contribution < 1.29 is 13.2 Å². The summed E-state index contributed by atoms with van der Waals surface area (Å²) in [6, 6.07) is 5.25. The van der Waals surface area contributed by atoms with Gasteiger partial charge in [-0.3, -0.25) is 4.99 Å². The van der Waals surface area contributed by atoms with Crippen LogP contribution in [0.1, 0.15) is 36.7 Å². The number of halogens is 4. The van der Waals surface area contributed by atoms with Crippen molar-refractivity contribution in [3.05, 3.63) is 53.6 Å². The molecule has 0 saturated carbocycles. The van der Waals surface area contributed by atoms with Crippen molar-refractivity contribution in [2.24, 2.45) is 4.99 Å². The third-order valence-electron chi connectivity index (χ3n) is 4.39. The van der Waals surface area contributed by atoms with Crippen molar-refractivity contribution in [3.8, 4) is 0 Å². The van der Waals surface area contributed by atoms with Crippen molar-refractivity contribution in [1.82, 2.24) is 19.8 Å². The summed E-state index contributed by atoms with van der Waals surface area (Å²) in [5.41, 5.74) is 0.171. The first-order valence-electron chi connectivity index (χ1n) is 9.44. The molecule has 2 aromatic rings. The first kappa shape index (κ1) is 25.3. The highest BCUT2D eigenvalue weighted by Crippen LogP contribution is 2.29. The molecule has 0 radical (unpaired) electrons. The lowest BCUT2D eigenvalue weighted by atomic mass is 10.1. The number of guanidine groups is 1. The molecule has 0 aliphatic heterocycles. The fraction of sp³-hybridized carbons (Fsp3) is 0.500. The molecular weight excluding hydrogens is 494 g/mol. The number of alkyl halides is 3. The Kier molecular flexibility index (Phi) is 10.5. The minimum absolute atomic E-state index is 0. The van der Waals surface area contributed by atoms with Crippen LogP contribution in [0.4, 0.5) is 13.2 Å². The molecule has 1 N–H and O–H groups in total. The minimum Gasteiger partial charge on any atom is -0.357 e. The summed E-state index contributed by atoms with van der Waals surface area (Å²) in [6.07, 6.45) is 1.41. The average molecular weight is 523 g/mol. The van der Waals surface area contributed by atoms with Crippen LogP contribution in [0, 0.1) is 6.92 Å². The van der Waals surface area contributed by atoms with Crippen molar-refractivity contribution in [2.75, 3.05) is 20.1 Å². The largest absolute Gasteiger partial charge is 0.416 e. The molecular formula is C20H29F3IN5. The zero-order valence-electron chi connectivity index (χ0n) is 17.0. The average Bonchev–Trinajstić information content (AvgIpc) is 3.05. The monoisotopic (exact) mass is 523 g/mol. The molecule has 29 heavy (non-hydrogen) atoms. The first-order chi connectivity index (χ1) is 13.3. The van der Waals surface area contributed by atoms with Gasteiger partial charge < -0.3 is 14.8 Å². The Labute approximate surface area is 187 Å². The summed E-state index contributed by atoms with van der Waals surface area (Å²) in [6.45, 7) is 6.79. The third-order valence-corrected chi connectivity index (χ3v) is 4.39. The highest BCUT2D eigenvalue weighted by molar-refractivity contribution is 14.0. The Hall–Kier alpha value is -1.78. The second kappa shape index (κ2) is 12.0. The molecule has 0 unspecified atom stereocenters. The number of rotatable bonds is 8. The van der Waals surface area contributed by atoms with Crippen LogP contribution >= 0.6 is 24.0 Å². The Morgan fingerprint density at radius 3 is 2.45 bits per heavy atom. The Bertz CT molecular complexity index is 756. The van der Waals surface area contributed by atoms with Crippen LogP contribution in [0.3, 0.4) is 0 Å². The van der Waals surface area contributed by atoms with Gasteiger partial charge in [0.25, 0.3) is 0 Å². The SMILES string of the molecule is CCNC(=NCCCCn1ccnc1C)N(C)Cc1ccc(C(F)(F)F)cc1.I. The maximum atomic E-state index is 12.7. The van der Waals surface area contributed by atoms with Gasteiger partial charge in [-0.2, -0.15) is 13.2 Å². The fourth-order valence-electron chi connectivity index (χ4n) is 2.84. The number of nitrogens with one attached hydrogen (secondary N) is 1. The van der Waals surface area contributed by atoms with E-state index in [4.69, 9.17) is 0 Å². The molecule has 0 amide bonds. The van der Waals surface area contributed by atoms with E-state index in [1.165, 1.54) is 12.1 Å². The molecule has 0 fully saturated rings. The van der Waals surface area contributed by atoms with E-state index in [2.05, 4.69) is 19.9 Å². The maximum Gasteiger partial charge on any atom is 0.416 e. The lowest BCUT2D eigenvalue weighted by Crippen LogP contribution is -2.38. The van der Waals surface area contributed by atoms with E-state index in [-0.39, 0.29) is 24.0 Å². The van der Waals surface area contributed by atoms with E-state index in [9.17, 15) is 13.2 Å². The van der Waals surface area contributed by atoms with Crippen LogP contribution in [0.2, 0.25) is 0 Å². The number of nitrogens with zero attached hydrogens (tertiary/aromatic N) is 4.